The Kier molecular flexibility index (Phi) is 3.51. The predicted molar refractivity (Wildman–Crippen MR) is 65.2 cm³/mol. The Morgan fingerprint density at radius 2 is 1.71 bits per heavy atom. The summed E-state index contributed by atoms with van der Waals surface area (Å²) in [6, 6.07) is 6.86. The maximum Gasteiger partial charge on any atom is 0.243 e. The van der Waals surface area contributed by atoms with E-state index in [0.29, 0.717) is 30.8 Å². The second kappa shape index (κ2) is 4.76. The zero-order valence-corrected chi connectivity index (χ0v) is 10.7. The Labute approximate surface area is 102 Å². The van der Waals surface area contributed by atoms with Crippen molar-refractivity contribution in [2.75, 3.05) is 13.1 Å². The molecule has 94 valence electrons. The molecule has 0 radical (unpaired) electrons. The minimum absolute atomic E-state index is 0.333. The third kappa shape index (κ3) is 2.68. The third-order valence-electron chi connectivity index (χ3n) is 3.08. The lowest BCUT2D eigenvalue weighted by Gasteiger charge is -2.28. The summed E-state index contributed by atoms with van der Waals surface area (Å²) in [4.78, 5) is 0.333. The molecular weight excluding hydrogens is 238 g/mol. The van der Waals surface area contributed by atoms with Gasteiger partial charge in [0.1, 0.15) is 0 Å². The lowest BCUT2D eigenvalue weighted by molar-refractivity contribution is 0.113. The van der Waals surface area contributed by atoms with Crippen molar-refractivity contribution in [1.29, 1.82) is 0 Å². The van der Waals surface area contributed by atoms with Crippen LogP contribution < -0.4 is 0 Å². The molecule has 0 unspecified atom stereocenters. The molecule has 0 aliphatic carbocycles. The molecule has 1 N–H and O–H groups in total. The van der Waals surface area contributed by atoms with Crippen molar-refractivity contribution in [1.82, 2.24) is 4.31 Å². The van der Waals surface area contributed by atoms with Crippen molar-refractivity contribution in [3.63, 3.8) is 0 Å². The van der Waals surface area contributed by atoms with Crippen molar-refractivity contribution in [3.05, 3.63) is 29.8 Å². The number of sulfonamides is 1. The first-order valence-corrected chi connectivity index (χ1v) is 7.19. The van der Waals surface area contributed by atoms with Gasteiger partial charge in [0.25, 0.3) is 0 Å². The maximum absolute atomic E-state index is 12.2. The topological polar surface area (TPSA) is 57.6 Å². The maximum atomic E-state index is 12.2. The first-order valence-electron chi connectivity index (χ1n) is 5.75. The molecule has 1 aliphatic rings. The number of hydrogen-bond donors (Lipinski definition) is 1. The van der Waals surface area contributed by atoms with Crippen molar-refractivity contribution >= 4 is 10.0 Å². The Bertz CT molecular complexity index is 473. The first kappa shape index (κ1) is 12.5. The summed E-state index contributed by atoms with van der Waals surface area (Å²) in [7, 11) is -3.38. The van der Waals surface area contributed by atoms with E-state index in [-0.39, 0.29) is 6.10 Å². The van der Waals surface area contributed by atoms with Gasteiger partial charge in [-0.05, 0) is 31.9 Å². The average molecular weight is 255 g/mol. The summed E-state index contributed by atoms with van der Waals surface area (Å²) in [5, 5.41) is 9.38. The van der Waals surface area contributed by atoms with Gasteiger partial charge in [0, 0.05) is 13.1 Å². The lowest BCUT2D eigenvalue weighted by Crippen LogP contribution is -2.39. The molecule has 0 amide bonds. The highest BCUT2D eigenvalue weighted by Crippen LogP contribution is 2.20. The van der Waals surface area contributed by atoms with Gasteiger partial charge in [-0.2, -0.15) is 4.31 Å². The van der Waals surface area contributed by atoms with E-state index in [1.807, 2.05) is 6.92 Å². The molecule has 0 saturated carbocycles. The van der Waals surface area contributed by atoms with Crippen LogP contribution in [0.3, 0.4) is 0 Å². The molecule has 2 rings (SSSR count). The normalized spacial score (nSPS) is 19.4. The standard InChI is InChI=1S/C12H17NO3S/c1-10-2-4-12(5-3-10)17(15,16)13-8-6-11(14)7-9-13/h2-5,11,14H,6-9H2,1H3. The molecule has 4 nitrogen and oxygen atoms in total. The summed E-state index contributed by atoms with van der Waals surface area (Å²) in [5.74, 6) is 0. The van der Waals surface area contributed by atoms with E-state index in [1.54, 1.807) is 24.3 Å². The van der Waals surface area contributed by atoms with Gasteiger partial charge in [0.05, 0.1) is 11.0 Å². The van der Waals surface area contributed by atoms with Gasteiger partial charge in [0.2, 0.25) is 10.0 Å². The van der Waals surface area contributed by atoms with E-state index in [9.17, 15) is 13.5 Å². The molecule has 17 heavy (non-hydrogen) atoms. The van der Waals surface area contributed by atoms with E-state index in [2.05, 4.69) is 0 Å². The number of aliphatic hydroxyl groups excluding tert-OH is 1. The fraction of sp³-hybridized carbons (Fsp3) is 0.500. The van der Waals surface area contributed by atoms with E-state index in [1.165, 1.54) is 4.31 Å². The average Bonchev–Trinajstić information content (AvgIpc) is 2.30. The SMILES string of the molecule is Cc1ccc(S(=O)(=O)N2CCC(O)CC2)cc1. The molecular formula is C12H17NO3S. The van der Waals surface area contributed by atoms with Gasteiger partial charge < -0.3 is 5.11 Å². The van der Waals surface area contributed by atoms with Gasteiger partial charge in [-0.1, -0.05) is 17.7 Å². The molecule has 0 aromatic heterocycles. The molecule has 1 aromatic rings. The summed E-state index contributed by atoms with van der Waals surface area (Å²) < 4.78 is 25.9. The smallest absolute Gasteiger partial charge is 0.243 e. The van der Waals surface area contributed by atoms with Gasteiger partial charge in [-0.3, -0.25) is 0 Å². The minimum Gasteiger partial charge on any atom is -0.393 e. The zero-order valence-electron chi connectivity index (χ0n) is 9.83. The van der Waals surface area contributed by atoms with Crippen LogP contribution >= 0.6 is 0 Å². The predicted octanol–water partition coefficient (Wildman–Crippen LogP) is 1.14. The molecule has 0 spiro atoms. The van der Waals surface area contributed by atoms with Crippen LogP contribution in [0.1, 0.15) is 18.4 Å². The zero-order chi connectivity index (χ0) is 12.5. The van der Waals surface area contributed by atoms with Gasteiger partial charge >= 0.3 is 0 Å². The van der Waals surface area contributed by atoms with Crippen molar-refractivity contribution < 1.29 is 13.5 Å². The molecule has 1 aromatic carbocycles. The number of aliphatic hydroxyl groups is 1. The second-order valence-electron chi connectivity index (χ2n) is 4.45. The fourth-order valence-corrected chi connectivity index (χ4v) is 3.41. The number of rotatable bonds is 2. The minimum atomic E-state index is -3.38. The number of aryl methyl sites for hydroxylation is 1. The Balaban J connectivity index is 2.21. The van der Waals surface area contributed by atoms with E-state index in [0.717, 1.165) is 5.56 Å². The van der Waals surface area contributed by atoms with Crippen molar-refractivity contribution in [2.24, 2.45) is 0 Å². The largest absolute Gasteiger partial charge is 0.393 e. The van der Waals surface area contributed by atoms with E-state index < -0.39 is 10.0 Å². The molecule has 0 bridgehead atoms. The summed E-state index contributed by atoms with van der Waals surface area (Å²) >= 11 is 0. The fourth-order valence-electron chi connectivity index (χ4n) is 1.94. The van der Waals surface area contributed by atoms with Crippen LogP contribution in [0.15, 0.2) is 29.2 Å². The third-order valence-corrected chi connectivity index (χ3v) is 5.00. The molecule has 1 fully saturated rings. The van der Waals surface area contributed by atoms with E-state index in [4.69, 9.17) is 0 Å². The lowest BCUT2D eigenvalue weighted by atomic mass is 10.1. The van der Waals surface area contributed by atoms with Crippen molar-refractivity contribution in [3.8, 4) is 0 Å². The highest BCUT2D eigenvalue weighted by molar-refractivity contribution is 7.89. The number of benzene rings is 1. The molecule has 1 saturated heterocycles. The monoisotopic (exact) mass is 255 g/mol. The second-order valence-corrected chi connectivity index (χ2v) is 6.39. The molecule has 1 aliphatic heterocycles. The van der Waals surface area contributed by atoms with Gasteiger partial charge in [-0.25, -0.2) is 8.42 Å². The summed E-state index contributed by atoms with van der Waals surface area (Å²) in [6.07, 6.45) is 0.676. The quantitative estimate of drug-likeness (QED) is 0.862. The summed E-state index contributed by atoms with van der Waals surface area (Å²) in [5.41, 5.74) is 1.04. The van der Waals surface area contributed by atoms with Crippen LogP contribution in [0.4, 0.5) is 0 Å². The van der Waals surface area contributed by atoms with Crippen LogP contribution in [-0.4, -0.2) is 37.0 Å². The Hall–Kier alpha value is -0.910. The van der Waals surface area contributed by atoms with E-state index >= 15 is 0 Å². The number of nitrogens with zero attached hydrogens (tertiary/aromatic N) is 1. The van der Waals surface area contributed by atoms with Crippen LogP contribution in [-0.2, 0) is 10.0 Å². The van der Waals surface area contributed by atoms with Crippen LogP contribution in [0.5, 0.6) is 0 Å². The molecule has 5 heteroatoms. The number of piperidine rings is 1. The molecule has 0 atom stereocenters. The first-order chi connectivity index (χ1) is 8.00. The van der Waals surface area contributed by atoms with Crippen LogP contribution in [0.2, 0.25) is 0 Å². The highest BCUT2D eigenvalue weighted by Gasteiger charge is 2.28. The Morgan fingerprint density at radius 1 is 1.18 bits per heavy atom. The summed E-state index contributed by atoms with van der Waals surface area (Å²) in [6.45, 7) is 2.72. The van der Waals surface area contributed by atoms with Crippen LogP contribution in [0, 0.1) is 6.92 Å². The number of hydrogen-bond acceptors (Lipinski definition) is 3. The van der Waals surface area contributed by atoms with Gasteiger partial charge in [0.15, 0.2) is 0 Å². The van der Waals surface area contributed by atoms with Crippen LogP contribution in [0.25, 0.3) is 0 Å². The van der Waals surface area contributed by atoms with Crippen molar-refractivity contribution in [2.45, 2.75) is 30.8 Å². The highest BCUT2D eigenvalue weighted by atomic mass is 32.2. The molecule has 1 heterocycles. The van der Waals surface area contributed by atoms with Gasteiger partial charge in [-0.15, -0.1) is 0 Å². The Morgan fingerprint density at radius 3 is 2.24 bits per heavy atom.